The fourth-order valence-electron chi connectivity index (χ4n) is 4.48. The van der Waals surface area contributed by atoms with Crippen LogP contribution in [-0.2, 0) is 6.42 Å². The fraction of sp³-hybridized carbons (Fsp3) is 0.409. The van der Waals surface area contributed by atoms with Crippen LogP contribution < -0.4 is 0 Å². The number of alkyl halides is 2. The third-order valence-electron chi connectivity index (χ3n) is 5.94. The first-order valence-corrected chi connectivity index (χ1v) is 9.71. The van der Waals surface area contributed by atoms with E-state index in [0.717, 1.165) is 16.7 Å². The molecule has 29 heavy (non-hydrogen) atoms. The van der Waals surface area contributed by atoms with Gasteiger partial charge in [0.1, 0.15) is 11.9 Å². The summed E-state index contributed by atoms with van der Waals surface area (Å²) in [7, 11) is 3.08. The summed E-state index contributed by atoms with van der Waals surface area (Å²) in [6.07, 6.45) is 0.647. The van der Waals surface area contributed by atoms with Gasteiger partial charge in [0, 0.05) is 20.1 Å². The number of likely N-dealkylation sites (tertiary alicyclic amines) is 1. The molecule has 0 spiro atoms. The maximum atomic E-state index is 14.4. The highest BCUT2D eigenvalue weighted by atomic mass is 19.3. The van der Waals surface area contributed by atoms with E-state index in [-0.39, 0.29) is 18.9 Å². The molecule has 0 saturated carbocycles. The molecule has 0 N–H and O–H groups in total. The molecule has 2 aromatic carbocycles. The number of rotatable bonds is 2. The molecule has 4 rings (SSSR count). The van der Waals surface area contributed by atoms with Crippen molar-refractivity contribution < 1.29 is 18.0 Å². The van der Waals surface area contributed by atoms with Gasteiger partial charge in [-0.05, 0) is 42.3 Å². The van der Waals surface area contributed by atoms with Gasteiger partial charge in [-0.15, -0.1) is 0 Å². The number of fused-ring (bicyclic) bond motifs is 1. The molecule has 1 saturated heterocycles. The van der Waals surface area contributed by atoms with E-state index in [1.165, 1.54) is 29.0 Å². The summed E-state index contributed by atoms with van der Waals surface area (Å²) in [5.74, 6) is -3.32. The van der Waals surface area contributed by atoms with Gasteiger partial charge in [-0.25, -0.2) is 18.0 Å². The highest BCUT2D eigenvalue weighted by Crippen LogP contribution is 2.37. The van der Waals surface area contributed by atoms with Crippen LogP contribution in [0.2, 0.25) is 0 Å². The number of amides is 2. The first-order valence-electron chi connectivity index (χ1n) is 9.71. The van der Waals surface area contributed by atoms with E-state index in [1.807, 2.05) is 24.3 Å². The maximum Gasteiger partial charge on any atom is 0.321 e. The lowest BCUT2D eigenvalue weighted by molar-refractivity contribution is -0.0374. The second-order valence-corrected chi connectivity index (χ2v) is 7.96. The summed E-state index contributed by atoms with van der Waals surface area (Å²) in [6, 6.07) is 11.8. The molecule has 4 nitrogen and oxygen atoms in total. The van der Waals surface area contributed by atoms with E-state index in [9.17, 15) is 18.0 Å². The van der Waals surface area contributed by atoms with Gasteiger partial charge in [0.05, 0.1) is 12.6 Å². The van der Waals surface area contributed by atoms with Crippen molar-refractivity contribution in [1.82, 2.24) is 14.7 Å². The van der Waals surface area contributed by atoms with E-state index >= 15 is 0 Å². The molecule has 2 aromatic rings. The summed E-state index contributed by atoms with van der Waals surface area (Å²) in [4.78, 5) is 17.7. The number of hydrogen-bond donors (Lipinski definition) is 0. The summed E-state index contributed by atoms with van der Waals surface area (Å²) in [5.41, 5.74) is 2.82. The highest BCUT2D eigenvalue weighted by molar-refractivity contribution is 5.76. The minimum atomic E-state index is -2.96. The molecule has 0 bridgehead atoms. The SMILES string of the molecule is CN1CC(N(C)C(=O)N2CCc3ccccc3[C@@H]2c2ccc(F)cc2)C(F)(F)C1. The summed E-state index contributed by atoms with van der Waals surface area (Å²) in [6.45, 7) is 0.177. The monoisotopic (exact) mass is 403 g/mol. The molecular weight excluding hydrogens is 379 g/mol. The van der Waals surface area contributed by atoms with Gasteiger partial charge < -0.3 is 9.80 Å². The largest absolute Gasteiger partial charge is 0.321 e. The van der Waals surface area contributed by atoms with Gasteiger partial charge in [-0.3, -0.25) is 4.90 Å². The van der Waals surface area contributed by atoms with Gasteiger partial charge in [-0.1, -0.05) is 36.4 Å². The minimum absolute atomic E-state index is 0.126. The zero-order valence-corrected chi connectivity index (χ0v) is 16.5. The zero-order chi connectivity index (χ0) is 20.8. The molecule has 1 unspecified atom stereocenters. The third-order valence-corrected chi connectivity index (χ3v) is 5.94. The summed E-state index contributed by atoms with van der Waals surface area (Å²) in [5, 5.41) is 0. The molecule has 1 fully saturated rings. The number of carbonyl (C=O) groups excluding carboxylic acids is 1. The Kier molecular flexibility index (Phi) is 5.02. The smallest absolute Gasteiger partial charge is 0.317 e. The van der Waals surface area contributed by atoms with Crippen molar-refractivity contribution in [2.75, 3.05) is 33.7 Å². The van der Waals surface area contributed by atoms with E-state index in [2.05, 4.69) is 0 Å². The number of benzene rings is 2. The number of hydrogen-bond acceptors (Lipinski definition) is 2. The Morgan fingerprint density at radius 1 is 1.14 bits per heavy atom. The highest BCUT2D eigenvalue weighted by Gasteiger charge is 2.51. The molecule has 0 aromatic heterocycles. The quantitative estimate of drug-likeness (QED) is 0.763. The van der Waals surface area contributed by atoms with E-state index in [0.29, 0.717) is 13.0 Å². The molecule has 2 atom stereocenters. The second kappa shape index (κ2) is 7.37. The average Bonchev–Trinajstić information content (AvgIpc) is 2.98. The van der Waals surface area contributed by atoms with Gasteiger partial charge in [0.2, 0.25) is 0 Å². The molecule has 7 heteroatoms. The Morgan fingerprint density at radius 2 is 1.83 bits per heavy atom. The van der Waals surface area contributed by atoms with Crippen LogP contribution in [0.4, 0.5) is 18.0 Å². The predicted molar refractivity (Wildman–Crippen MR) is 104 cm³/mol. The van der Waals surface area contributed by atoms with Crippen LogP contribution in [0.15, 0.2) is 48.5 Å². The molecule has 2 aliphatic rings. The van der Waals surface area contributed by atoms with Crippen LogP contribution in [-0.4, -0.2) is 66.4 Å². The van der Waals surface area contributed by atoms with Crippen LogP contribution in [0, 0.1) is 5.82 Å². The molecule has 2 aliphatic heterocycles. The number of urea groups is 1. The summed E-state index contributed by atoms with van der Waals surface area (Å²) < 4.78 is 42.4. The topological polar surface area (TPSA) is 26.8 Å². The van der Waals surface area contributed by atoms with Crippen LogP contribution in [0.5, 0.6) is 0 Å². The van der Waals surface area contributed by atoms with E-state index < -0.39 is 24.0 Å². The zero-order valence-electron chi connectivity index (χ0n) is 16.5. The van der Waals surface area contributed by atoms with Crippen molar-refractivity contribution in [3.8, 4) is 0 Å². The van der Waals surface area contributed by atoms with Crippen molar-refractivity contribution in [3.63, 3.8) is 0 Å². The third kappa shape index (κ3) is 3.59. The number of likely N-dealkylation sites (N-methyl/N-ethyl adjacent to an activating group) is 2. The molecule has 154 valence electrons. The van der Waals surface area contributed by atoms with Crippen molar-refractivity contribution in [1.29, 1.82) is 0 Å². The van der Waals surface area contributed by atoms with E-state index in [1.54, 1.807) is 24.1 Å². The Balaban J connectivity index is 1.69. The molecule has 0 aliphatic carbocycles. The number of nitrogens with zero attached hydrogens (tertiary/aromatic N) is 3. The molecular formula is C22H24F3N3O. The Morgan fingerprint density at radius 3 is 2.48 bits per heavy atom. The number of halogens is 3. The van der Waals surface area contributed by atoms with Crippen LogP contribution in [0.1, 0.15) is 22.7 Å². The maximum absolute atomic E-state index is 14.4. The van der Waals surface area contributed by atoms with Gasteiger partial charge in [0.15, 0.2) is 0 Å². The standard InChI is InChI=1S/C22H24F3N3O/c1-26-13-19(22(24,25)14-26)27(2)21(29)28-12-11-15-5-3-4-6-18(15)20(28)16-7-9-17(23)10-8-16/h3-10,19-20H,11-14H2,1-2H3/t19?,20-/m0/s1. The Bertz CT molecular complexity index is 902. The Labute approximate surface area is 168 Å². The van der Waals surface area contributed by atoms with E-state index in [4.69, 9.17) is 0 Å². The fourth-order valence-corrected chi connectivity index (χ4v) is 4.48. The van der Waals surface area contributed by atoms with Crippen molar-refractivity contribution in [2.45, 2.75) is 24.4 Å². The van der Waals surface area contributed by atoms with Gasteiger partial charge in [-0.2, -0.15) is 0 Å². The van der Waals surface area contributed by atoms with Crippen molar-refractivity contribution in [2.24, 2.45) is 0 Å². The van der Waals surface area contributed by atoms with Crippen molar-refractivity contribution >= 4 is 6.03 Å². The van der Waals surface area contributed by atoms with Crippen LogP contribution in [0.3, 0.4) is 0 Å². The second-order valence-electron chi connectivity index (χ2n) is 7.96. The van der Waals surface area contributed by atoms with Crippen molar-refractivity contribution in [3.05, 3.63) is 71.0 Å². The number of carbonyl (C=O) groups is 1. The average molecular weight is 403 g/mol. The summed E-state index contributed by atoms with van der Waals surface area (Å²) >= 11 is 0. The first kappa shape index (κ1) is 19.8. The van der Waals surface area contributed by atoms with Crippen LogP contribution >= 0.6 is 0 Å². The lowest BCUT2D eigenvalue weighted by Gasteiger charge is -2.41. The molecule has 2 amide bonds. The van der Waals surface area contributed by atoms with Crippen LogP contribution in [0.25, 0.3) is 0 Å². The first-order chi connectivity index (χ1) is 13.8. The molecule has 2 heterocycles. The lowest BCUT2D eigenvalue weighted by Crippen LogP contribution is -2.54. The predicted octanol–water partition coefficient (Wildman–Crippen LogP) is 3.77. The minimum Gasteiger partial charge on any atom is -0.317 e. The Hall–Kier alpha value is -2.54. The van der Waals surface area contributed by atoms with Gasteiger partial charge in [0.25, 0.3) is 5.92 Å². The molecule has 0 radical (unpaired) electrons. The van der Waals surface area contributed by atoms with Gasteiger partial charge >= 0.3 is 6.03 Å². The lowest BCUT2D eigenvalue weighted by atomic mass is 9.88. The normalized spacial score (nSPS) is 23.7.